The molecule has 3 rings (SSSR count). The molecule has 2 aromatic rings. The number of Topliss-reactive ketones (excluding diaryl/α,β-unsaturated/α-hetero) is 1. The van der Waals surface area contributed by atoms with Crippen LogP contribution in [-0.2, 0) is 5.54 Å². The lowest BCUT2D eigenvalue weighted by Gasteiger charge is -2.23. The number of hydrogen-bond donors (Lipinski definition) is 1. The number of rotatable bonds is 2. The normalized spacial score (nSPS) is 20.4. The van der Waals surface area contributed by atoms with Crippen molar-refractivity contribution in [3.8, 4) is 0 Å². The second-order valence-corrected chi connectivity index (χ2v) is 4.90. The molecule has 0 bridgehead atoms. The van der Waals surface area contributed by atoms with Gasteiger partial charge in [0.25, 0.3) is 5.69 Å². The van der Waals surface area contributed by atoms with Gasteiger partial charge in [-0.05, 0) is 18.6 Å². The van der Waals surface area contributed by atoms with Gasteiger partial charge in [-0.2, -0.15) is 0 Å². The van der Waals surface area contributed by atoms with Gasteiger partial charge in [0.15, 0.2) is 5.78 Å². The molecule has 5 heteroatoms. The van der Waals surface area contributed by atoms with Crippen LogP contribution in [0.2, 0.25) is 0 Å². The van der Waals surface area contributed by atoms with E-state index in [2.05, 4.69) is 5.32 Å². The Morgan fingerprint density at radius 1 is 1.10 bits per heavy atom. The molecule has 0 amide bonds. The summed E-state index contributed by atoms with van der Waals surface area (Å²) in [4.78, 5) is 23.2. The molecule has 1 atom stereocenters. The summed E-state index contributed by atoms with van der Waals surface area (Å²) in [5.74, 6) is -0.151. The van der Waals surface area contributed by atoms with Crippen LogP contribution >= 0.6 is 0 Å². The van der Waals surface area contributed by atoms with Gasteiger partial charge in [-0.1, -0.05) is 36.4 Å². The fraction of sp³-hybridized carbons (Fsp3) is 0.133. The van der Waals surface area contributed by atoms with Crippen LogP contribution in [0.4, 0.5) is 11.4 Å². The van der Waals surface area contributed by atoms with Crippen LogP contribution in [0.25, 0.3) is 0 Å². The van der Waals surface area contributed by atoms with Crippen LogP contribution in [0.1, 0.15) is 22.8 Å². The molecular weight excluding hydrogens is 256 g/mol. The van der Waals surface area contributed by atoms with Crippen molar-refractivity contribution in [3.05, 3.63) is 69.8 Å². The quantitative estimate of drug-likeness (QED) is 0.671. The lowest BCUT2D eigenvalue weighted by atomic mass is 9.88. The molecule has 1 heterocycles. The minimum atomic E-state index is -0.963. The molecule has 0 fully saturated rings. The number of benzene rings is 2. The maximum atomic E-state index is 12.6. The van der Waals surface area contributed by atoms with E-state index in [4.69, 9.17) is 0 Å². The summed E-state index contributed by atoms with van der Waals surface area (Å²) in [5, 5.41) is 14.1. The molecule has 0 radical (unpaired) electrons. The zero-order chi connectivity index (χ0) is 14.3. The summed E-state index contributed by atoms with van der Waals surface area (Å²) in [7, 11) is 0. The third-order valence-corrected chi connectivity index (χ3v) is 3.66. The number of fused-ring (bicyclic) bond motifs is 1. The first-order valence-electron chi connectivity index (χ1n) is 6.20. The fourth-order valence-electron chi connectivity index (χ4n) is 2.56. The molecule has 0 aliphatic carbocycles. The average molecular weight is 268 g/mol. The van der Waals surface area contributed by atoms with Crippen molar-refractivity contribution >= 4 is 17.2 Å². The number of nitro groups is 1. The van der Waals surface area contributed by atoms with Gasteiger partial charge in [-0.3, -0.25) is 14.9 Å². The SMILES string of the molecule is CC1(c2ccccc2)Nc2c(cccc2[N+](=O)[O-])C1=O. The van der Waals surface area contributed by atoms with Crippen LogP contribution in [0.5, 0.6) is 0 Å². The lowest BCUT2D eigenvalue weighted by molar-refractivity contribution is -0.384. The highest BCUT2D eigenvalue weighted by atomic mass is 16.6. The molecule has 2 aromatic carbocycles. The molecule has 5 nitrogen and oxygen atoms in total. The second-order valence-electron chi connectivity index (χ2n) is 4.90. The largest absolute Gasteiger partial charge is 0.363 e. The van der Waals surface area contributed by atoms with E-state index in [1.807, 2.05) is 30.3 Å². The maximum Gasteiger partial charge on any atom is 0.293 e. The first kappa shape index (κ1) is 12.3. The van der Waals surface area contributed by atoms with E-state index < -0.39 is 10.5 Å². The van der Waals surface area contributed by atoms with E-state index in [0.717, 1.165) is 5.56 Å². The van der Waals surface area contributed by atoms with Crippen LogP contribution in [-0.4, -0.2) is 10.7 Å². The number of nitrogens with zero attached hydrogens (tertiary/aromatic N) is 1. The first-order valence-corrected chi connectivity index (χ1v) is 6.20. The number of hydrogen-bond acceptors (Lipinski definition) is 4. The number of ketones is 1. The minimum Gasteiger partial charge on any atom is -0.363 e. The molecular formula is C15H12N2O3. The van der Waals surface area contributed by atoms with Gasteiger partial charge in [0.05, 0.1) is 10.5 Å². The van der Waals surface area contributed by atoms with Crippen molar-refractivity contribution in [1.29, 1.82) is 0 Å². The van der Waals surface area contributed by atoms with Crippen molar-refractivity contribution in [1.82, 2.24) is 0 Å². The van der Waals surface area contributed by atoms with Gasteiger partial charge in [0.1, 0.15) is 11.2 Å². The number of para-hydroxylation sites is 1. The Balaban J connectivity index is 2.16. The lowest BCUT2D eigenvalue weighted by Crippen LogP contribution is -2.34. The summed E-state index contributed by atoms with van der Waals surface area (Å²) in [6.07, 6.45) is 0. The van der Waals surface area contributed by atoms with Crippen molar-refractivity contribution in [2.45, 2.75) is 12.5 Å². The summed E-state index contributed by atoms with van der Waals surface area (Å²) in [6, 6.07) is 13.8. The maximum absolute atomic E-state index is 12.6. The smallest absolute Gasteiger partial charge is 0.293 e. The molecule has 20 heavy (non-hydrogen) atoms. The number of carbonyl (C=O) groups is 1. The highest BCUT2D eigenvalue weighted by molar-refractivity contribution is 6.15. The monoisotopic (exact) mass is 268 g/mol. The predicted molar refractivity (Wildman–Crippen MR) is 74.8 cm³/mol. The van der Waals surface area contributed by atoms with Gasteiger partial charge in [0.2, 0.25) is 0 Å². The summed E-state index contributed by atoms with van der Waals surface area (Å²) < 4.78 is 0. The molecule has 1 aliphatic rings. The van der Waals surface area contributed by atoms with Crippen LogP contribution in [0.15, 0.2) is 48.5 Å². The summed E-state index contributed by atoms with van der Waals surface area (Å²) >= 11 is 0. The second kappa shape index (κ2) is 4.16. The Hall–Kier alpha value is -2.69. The van der Waals surface area contributed by atoms with E-state index in [-0.39, 0.29) is 11.5 Å². The number of nitro benzene ring substituents is 1. The Morgan fingerprint density at radius 3 is 2.45 bits per heavy atom. The Kier molecular flexibility index (Phi) is 2.57. The van der Waals surface area contributed by atoms with Crippen LogP contribution < -0.4 is 5.32 Å². The molecule has 1 N–H and O–H groups in total. The minimum absolute atomic E-state index is 0.0736. The Bertz CT molecular complexity index is 712. The number of carbonyl (C=O) groups excluding carboxylic acids is 1. The molecule has 0 spiro atoms. The van der Waals surface area contributed by atoms with E-state index >= 15 is 0 Å². The van der Waals surface area contributed by atoms with Gasteiger partial charge in [-0.25, -0.2) is 0 Å². The van der Waals surface area contributed by atoms with Crippen LogP contribution in [0.3, 0.4) is 0 Å². The highest BCUT2D eigenvalue weighted by Crippen LogP contribution is 2.43. The molecule has 0 saturated heterocycles. The Labute approximate surface area is 115 Å². The van der Waals surface area contributed by atoms with Gasteiger partial charge < -0.3 is 5.32 Å². The molecule has 100 valence electrons. The third-order valence-electron chi connectivity index (χ3n) is 3.66. The molecule has 1 aliphatic heterocycles. The molecule has 0 saturated carbocycles. The van der Waals surface area contributed by atoms with E-state index in [1.165, 1.54) is 12.1 Å². The topological polar surface area (TPSA) is 72.2 Å². The number of nitrogens with one attached hydrogen (secondary N) is 1. The van der Waals surface area contributed by atoms with Crippen molar-refractivity contribution < 1.29 is 9.72 Å². The summed E-state index contributed by atoms with van der Waals surface area (Å²) in [6.45, 7) is 1.74. The van der Waals surface area contributed by atoms with Crippen molar-refractivity contribution in [2.24, 2.45) is 0 Å². The predicted octanol–water partition coefficient (Wildman–Crippen LogP) is 3.12. The van der Waals surface area contributed by atoms with E-state index in [0.29, 0.717) is 11.3 Å². The standard InChI is InChI=1S/C15H12N2O3/c1-15(10-6-3-2-4-7-10)14(18)11-8-5-9-12(17(19)20)13(11)16-15/h2-9,16H,1H3. The van der Waals surface area contributed by atoms with Gasteiger partial charge >= 0.3 is 0 Å². The fourth-order valence-corrected chi connectivity index (χ4v) is 2.56. The molecule has 1 unspecified atom stereocenters. The van der Waals surface area contributed by atoms with E-state index in [1.54, 1.807) is 13.0 Å². The highest BCUT2D eigenvalue weighted by Gasteiger charge is 2.45. The zero-order valence-electron chi connectivity index (χ0n) is 10.8. The molecule has 0 aromatic heterocycles. The van der Waals surface area contributed by atoms with Crippen molar-refractivity contribution in [3.63, 3.8) is 0 Å². The van der Waals surface area contributed by atoms with Gasteiger partial charge in [-0.15, -0.1) is 0 Å². The average Bonchev–Trinajstić information content (AvgIpc) is 2.73. The van der Waals surface area contributed by atoms with Crippen LogP contribution in [0, 0.1) is 10.1 Å². The zero-order valence-corrected chi connectivity index (χ0v) is 10.8. The van der Waals surface area contributed by atoms with Gasteiger partial charge in [0, 0.05) is 6.07 Å². The van der Waals surface area contributed by atoms with E-state index in [9.17, 15) is 14.9 Å². The first-order chi connectivity index (χ1) is 9.54. The number of anilines is 1. The third kappa shape index (κ3) is 1.60. The van der Waals surface area contributed by atoms with Crippen molar-refractivity contribution in [2.75, 3.05) is 5.32 Å². The Morgan fingerprint density at radius 2 is 1.80 bits per heavy atom. The summed E-state index contributed by atoms with van der Waals surface area (Å²) in [5.41, 5.74) is 0.417.